The van der Waals surface area contributed by atoms with Crippen molar-refractivity contribution in [3.8, 4) is 0 Å². The molecule has 3 nitrogen and oxygen atoms in total. The van der Waals surface area contributed by atoms with Crippen molar-refractivity contribution >= 4 is 10.9 Å². The summed E-state index contributed by atoms with van der Waals surface area (Å²) in [7, 11) is 0. The molecular weight excluding hydrogens is 236 g/mol. The van der Waals surface area contributed by atoms with Gasteiger partial charge in [-0.25, -0.2) is 0 Å². The molecule has 1 unspecified atom stereocenters. The second-order valence-electron chi connectivity index (χ2n) is 4.62. The van der Waals surface area contributed by atoms with E-state index in [0.29, 0.717) is 5.69 Å². The number of benzene rings is 1. The molecule has 0 aliphatic rings. The van der Waals surface area contributed by atoms with Crippen LogP contribution in [0.1, 0.15) is 22.9 Å². The monoisotopic (exact) mass is 250 g/mol. The lowest BCUT2D eigenvalue weighted by atomic mass is 10.0. The van der Waals surface area contributed by atoms with Crippen LogP contribution in [-0.2, 0) is 0 Å². The minimum absolute atomic E-state index is 0.670. The van der Waals surface area contributed by atoms with E-state index in [0.717, 1.165) is 22.0 Å². The number of nitrogens with zero attached hydrogens (tertiary/aromatic N) is 2. The molecule has 0 spiro atoms. The Morgan fingerprint density at radius 1 is 1.00 bits per heavy atom. The largest absolute Gasteiger partial charge is 0.382 e. The van der Waals surface area contributed by atoms with Crippen molar-refractivity contribution < 1.29 is 5.11 Å². The second kappa shape index (κ2) is 4.78. The lowest BCUT2D eigenvalue weighted by Gasteiger charge is -2.11. The molecule has 2 heterocycles. The number of rotatable bonds is 2. The summed E-state index contributed by atoms with van der Waals surface area (Å²) in [6, 6.07) is 13.5. The fourth-order valence-electron chi connectivity index (χ4n) is 2.14. The van der Waals surface area contributed by atoms with Gasteiger partial charge in [0.1, 0.15) is 6.10 Å². The summed E-state index contributed by atoms with van der Waals surface area (Å²) in [5.41, 5.74) is 3.52. The van der Waals surface area contributed by atoms with Gasteiger partial charge in [-0.1, -0.05) is 12.1 Å². The van der Waals surface area contributed by atoms with E-state index in [-0.39, 0.29) is 0 Å². The number of aromatic nitrogens is 2. The van der Waals surface area contributed by atoms with Crippen LogP contribution in [0.25, 0.3) is 10.9 Å². The summed E-state index contributed by atoms with van der Waals surface area (Å²) in [5.74, 6) is 0. The summed E-state index contributed by atoms with van der Waals surface area (Å²) in [5, 5.41) is 11.4. The summed E-state index contributed by atoms with van der Waals surface area (Å²) >= 11 is 0. The first-order valence-electron chi connectivity index (χ1n) is 6.19. The zero-order valence-corrected chi connectivity index (χ0v) is 10.6. The number of aryl methyl sites for hydroxylation is 1. The Morgan fingerprint density at radius 3 is 2.74 bits per heavy atom. The number of aliphatic hydroxyl groups excluding tert-OH is 1. The van der Waals surface area contributed by atoms with E-state index in [2.05, 4.69) is 9.97 Å². The van der Waals surface area contributed by atoms with Crippen molar-refractivity contribution in [1.29, 1.82) is 0 Å². The molecule has 2 aromatic heterocycles. The van der Waals surface area contributed by atoms with Gasteiger partial charge in [0, 0.05) is 17.8 Å². The summed E-state index contributed by atoms with van der Waals surface area (Å²) in [6.07, 6.45) is 2.78. The summed E-state index contributed by atoms with van der Waals surface area (Å²) in [6.45, 7) is 1.99. The van der Waals surface area contributed by atoms with Gasteiger partial charge in [0.25, 0.3) is 0 Å². The molecule has 1 N–H and O–H groups in total. The smallest absolute Gasteiger partial charge is 0.121 e. The third-order valence-electron chi connectivity index (χ3n) is 3.16. The first-order valence-corrected chi connectivity index (χ1v) is 6.19. The highest BCUT2D eigenvalue weighted by molar-refractivity contribution is 5.79. The Hall–Kier alpha value is -2.26. The van der Waals surface area contributed by atoms with Crippen molar-refractivity contribution in [1.82, 2.24) is 9.97 Å². The third kappa shape index (κ3) is 2.33. The standard InChI is InChI=1S/C16H14N2O/c1-11-6-8-18-15(9-11)16(19)13-4-5-14-12(10-13)3-2-7-17-14/h2-10,16,19H,1H3. The first-order chi connectivity index (χ1) is 9.24. The lowest BCUT2D eigenvalue weighted by Crippen LogP contribution is -2.02. The third-order valence-corrected chi connectivity index (χ3v) is 3.16. The molecule has 3 heteroatoms. The maximum Gasteiger partial charge on any atom is 0.121 e. The van der Waals surface area contributed by atoms with Crippen LogP contribution in [0, 0.1) is 6.92 Å². The van der Waals surface area contributed by atoms with E-state index < -0.39 is 6.10 Å². The normalized spacial score (nSPS) is 12.5. The average molecular weight is 250 g/mol. The molecule has 0 aliphatic heterocycles. The molecule has 19 heavy (non-hydrogen) atoms. The Balaban J connectivity index is 2.04. The Labute approximate surface area is 111 Å². The fraction of sp³-hybridized carbons (Fsp3) is 0.125. The van der Waals surface area contributed by atoms with Crippen LogP contribution in [0.3, 0.4) is 0 Å². The van der Waals surface area contributed by atoms with E-state index >= 15 is 0 Å². The maximum absolute atomic E-state index is 10.4. The van der Waals surface area contributed by atoms with Crippen LogP contribution in [0.5, 0.6) is 0 Å². The molecule has 0 amide bonds. The molecule has 0 bridgehead atoms. The topological polar surface area (TPSA) is 46.0 Å². The zero-order chi connectivity index (χ0) is 13.2. The van der Waals surface area contributed by atoms with Gasteiger partial charge in [-0.15, -0.1) is 0 Å². The van der Waals surface area contributed by atoms with Gasteiger partial charge < -0.3 is 5.11 Å². The Morgan fingerprint density at radius 2 is 1.89 bits per heavy atom. The molecular formula is C16H14N2O. The number of hydrogen-bond donors (Lipinski definition) is 1. The quantitative estimate of drug-likeness (QED) is 0.760. The van der Waals surface area contributed by atoms with E-state index in [4.69, 9.17) is 0 Å². The summed E-state index contributed by atoms with van der Waals surface area (Å²) in [4.78, 5) is 8.50. The molecule has 0 fully saturated rings. The van der Waals surface area contributed by atoms with E-state index in [1.54, 1.807) is 12.4 Å². The van der Waals surface area contributed by atoms with Gasteiger partial charge >= 0.3 is 0 Å². The number of aliphatic hydroxyl groups is 1. The fourth-order valence-corrected chi connectivity index (χ4v) is 2.14. The molecule has 0 radical (unpaired) electrons. The van der Waals surface area contributed by atoms with E-state index in [9.17, 15) is 5.11 Å². The molecule has 3 aromatic rings. The Bertz CT molecular complexity index is 725. The van der Waals surface area contributed by atoms with Crippen molar-refractivity contribution in [2.45, 2.75) is 13.0 Å². The van der Waals surface area contributed by atoms with Gasteiger partial charge in [0.05, 0.1) is 11.2 Å². The molecule has 3 rings (SSSR count). The van der Waals surface area contributed by atoms with Crippen molar-refractivity contribution in [2.75, 3.05) is 0 Å². The van der Waals surface area contributed by atoms with Crippen LogP contribution >= 0.6 is 0 Å². The number of fused-ring (bicyclic) bond motifs is 1. The van der Waals surface area contributed by atoms with Gasteiger partial charge in [0.15, 0.2) is 0 Å². The second-order valence-corrected chi connectivity index (χ2v) is 4.62. The van der Waals surface area contributed by atoms with E-state index in [1.165, 1.54) is 0 Å². The van der Waals surface area contributed by atoms with Crippen molar-refractivity contribution in [3.05, 3.63) is 71.7 Å². The van der Waals surface area contributed by atoms with E-state index in [1.807, 2.05) is 49.4 Å². The molecule has 0 aliphatic carbocycles. The molecule has 1 aromatic carbocycles. The minimum Gasteiger partial charge on any atom is -0.382 e. The zero-order valence-electron chi connectivity index (χ0n) is 10.6. The van der Waals surface area contributed by atoms with Crippen LogP contribution in [0.15, 0.2) is 54.9 Å². The van der Waals surface area contributed by atoms with Gasteiger partial charge in [0.2, 0.25) is 0 Å². The lowest BCUT2D eigenvalue weighted by molar-refractivity contribution is 0.215. The van der Waals surface area contributed by atoms with Crippen LogP contribution < -0.4 is 0 Å². The Kier molecular flexibility index (Phi) is 2.97. The van der Waals surface area contributed by atoms with Crippen molar-refractivity contribution in [2.24, 2.45) is 0 Å². The summed E-state index contributed by atoms with van der Waals surface area (Å²) < 4.78 is 0. The first kappa shape index (κ1) is 11.8. The number of hydrogen-bond acceptors (Lipinski definition) is 3. The van der Waals surface area contributed by atoms with Crippen LogP contribution in [0.2, 0.25) is 0 Å². The highest BCUT2D eigenvalue weighted by atomic mass is 16.3. The van der Waals surface area contributed by atoms with Gasteiger partial charge in [-0.05, 0) is 48.4 Å². The predicted octanol–water partition coefficient (Wildman–Crippen LogP) is 3.02. The molecule has 0 saturated carbocycles. The molecule has 94 valence electrons. The molecule has 0 saturated heterocycles. The van der Waals surface area contributed by atoms with Gasteiger partial charge in [-0.2, -0.15) is 0 Å². The molecule has 1 atom stereocenters. The van der Waals surface area contributed by atoms with Crippen molar-refractivity contribution in [3.63, 3.8) is 0 Å². The highest BCUT2D eigenvalue weighted by Gasteiger charge is 2.12. The van der Waals surface area contributed by atoms with Crippen LogP contribution in [0.4, 0.5) is 0 Å². The SMILES string of the molecule is Cc1ccnc(C(O)c2ccc3ncccc3c2)c1. The maximum atomic E-state index is 10.4. The number of pyridine rings is 2. The minimum atomic E-state index is -0.704. The van der Waals surface area contributed by atoms with Crippen LogP contribution in [-0.4, -0.2) is 15.1 Å². The predicted molar refractivity (Wildman–Crippen MR) is 74.8 cm³/mol. The van der Waals surface area contributed by atoms with Gasteiger partial charge in [-0.3, -0.25) is 9.97 Å². The highest BCUT2D eigenvalue weighted by Crippen LogP contribution is 2.23. The average Bonchev–Trinajstić information content (AvgIpc) is 2.46.